The predicted molar refractivity (Wildman–Crippen MR) is 84.0 cm³/mol. The third-order valence-electron chi connectivity index (χ3n) is 3.36. The minimum Gasteiger partial charge on any atom is -0.372 e. The highest BCUT2D eigenvalue weighted by atomic mass is 35.5. The second kappa shape index (κ2) is 7.26. The number of amides is 2. The third-order valence-corrected chi connectivity index (χ3v) is 3.59. The van der Waals surface area contributed by atoms with Gasteiger partial charge in [-0.15, -0.1) is 0 Å². The molecule has 1 aromatic heterocycles. The number of nitrogens with zero attached hydrogens (tertiary/aromatic N) is 1. The lowest BCUT2D eigenvalue weighted by molar-refractivity contribution is -0.137. The second-order valence-electron chi connectivity index (χ2n) is 4.97. The molecule has 0 spiro atoms. The molecule has 0 aliphatic rings. The third kappa shape index (κ3) is 4.30. The van der Waals surface area contributed by atoms with Crippen LogP contribution >= 0.6 is 11.6 Å². The Hall–Kier alpha value is -2.38. The van der Waals surface area contributed by atoms with Crippen LogP contribution in [0.15, 0.2) is 41.1 Å². The van der Waals surface area contributed by atoms with Crippen molar-refractivity contribution >= 4 is 29.2 Å². The van der Waals surface area contributed by atoms with Gasteiger partial charge in [-0.05, 0) is 24.6 Å². The van der Waals surface area contributed by atoms with Gasteiger partial charge in [-0.25, -0.2) is 0 Å². The molecule has 2 rings (SSSR count). The van der Waals surface area contributed by atoms with Gasteiger partial charge >= 0.3 is 11.8 Å². The molecule has 2 amide bonds. The number of methoxy groups -OCH3 is 1. The van der Waals surface area contributed by atoms with Gasteiger partial charge in [0.25, 0.3) is 0 Å². The van der Waals surface area contributed by atoms with E-state index in [0.717, 1.165) is 5.56 Å². The number of carbonyl (C=O) groups excluding carboxylic acids is 2. The van der Waals surface area contributed by atoms with Crippen LogP contribution in [0.5, 0.6) is 0 Å². The van der Waals surface area contributed by atoms with Crippen LogP contribution < -0.4 is 10.6 Å². The number of nitrogens with one attached hydrogen (secondary N) is 2. The van der Waals surface area contributed by atoms with E-state index in [-0.39, 0.29) is 12.4 Å². The summed E-state index contributed by atoms with van der Waals surface area (Å²) in [4.78, 5) is 23.6. The smallest absolute Gasteiger partial charge is 0.314 e. The molecule has 1 heterocycles. The first-order chi connectivity index (χ1) is 10.9. The molecular weight excluding hydrogens is 322 g/mol. The molecule has 0 radical (unpaired) electrons. The Labute approximate surface area is 137 Å². The minimum atomic E-state index is -0.844. The highest BCUT2D eigenvalue weighted by Gasteiger charge is 2.28. The molecule has 23 heavy (non-hydrogen) atoms. The van der Waals surface area contributed by atoms with Gasteiger partial charge in [0, 0.05) is 18.2 Å². The van der Waals surface area contributed by atoms with Crippen molar-refractivity contribution in [3.05, 3.63) is 47.2 Å². The van der Waals surface area contributed by atoms with E-state index in [2.05, 4.69) is 20.3 Å². The predicted octanol–water partition coefficient (Wildman–Crippen LogP) is 1.94. The zero-order chi connectivity index (χ0) is 16.9. The Morgan fingerprint density at radius 1 is 1.35 bits per heavy atom. The summed E-state index contributed by atoms with van der Waals surface area (Å²) < 4.78 is 10.0. The molecule has 0 unspecified atom stereocenters. The number of ether oxygens (including phenoxy) is 1. The van der Waals surface area contributed by atoms with Gasteiger partial charge in [-0.3, -0.25) is 14.9 Å². The van der Waals surface area contributed by atoms with E-state index in [1.807, 2.05) is 6.07 Å². The van der Waals surface area contributed by atoms with E-state index < -0.39 is 17.4 Å². The number of hydrogen-bond acceptors (Lipinski definition) is 5. The summed E-state index contributed by atoms with van der Waals surface area (Å²) in [6.45, 7) is 1.88. The standard InChI is InChI=1S/C15H16ClN3O4/c1-15(22-2,10-4-3-5-11(16)8-10)9-17-13(20)14(21)18-12-6-7-23-19-12/h3-8H,9H2,1-2H3,(H,17,20)(H,18,19,21)/t15-/m1/s1. The van der Waals surface area contributed by atoms with Crippen LogP contribution in [0.3, 0.4) is 0 Å². The molecule has 0 aliphatic carbocycles. The summed E-state index contributed by atoms with van der Waals surface area (Å²) in [5.41, 5.74) is -0.0425. The average Bonchev–Trinajstić information content (AvgIpc) is 3.05. The van der Waals surface area contributed by atoms with Gasteiger partial charge in [0.1, 0.15) is 11.9 Å². The van der Waals surface area contributed by atoms with Gasteiger partial charge < -0.3 is 14.6 Å². The van der Waals surface area contributed by atoms with Crippen LogP contribution in [0.2, 0.25) is 5.02 Å². The van der Waals surface area contributed by atoms with Gasteiger partial charge in [-0.1, -0.05) is 28.9 Å². The van der Waals surface area contributed by atoms with Gasteiger partial charge in [-0.2, -0.15) is 0 Å². The van der Waals surface area contributed by atoms with E-state index in [9.17, 15) is 9.59 Å². The number of hydrogen-bond donors (Lipinski definition) is 2. The largest absolute Gasteiger partial charge is 0.372 e. The van der Waals surface area contributed by atoms with Crippen molar-refractivity contribution in [1.29, 1.82) is 0 Å². The quantitative estimate of drug-likeness (QED) is 0.813. The molecular formula is C15H16ClN3O4. The number of anilines is 1. The van der Waals surface area contributed by atoms with Crippen molar-refractivity contribution in [2.75, 3.05) is 19.0 Å². The lowest BCUT2D eigenvalue weighted by Crippen LogP contribution is -2.44. The molecule has 0 bridgehead atoms. The Bertz CT molecular complexity index is 690. The molecule has 1 atom stereocenters. The summed E-state index contributed by atoms with van der Waals surface area (Å²) in [6, 6.07) is 8.53. The topological polar surface area (TPSA) is 93.5 Å². The Morgan fingerprint density at radius 3 is 2.74 bits per heavy atom. The Kier molecular flexibility index (Phi) is 5.36. The summed E-state index contributed by atoms with van der Waals surface area (Å²) in [5, 5.41) is 8.88. The van der Waals surface area contributed by atoms with E-state index >= 15 is 0 Å². The van der Waals surface area contributed by atoms with Crippen LogP contribution in [0.4, 0.5) is 5.82 Å². The normalized spacial score (nSPS) is 13.2. The minimum absolute atomic E-state index is 0.0922. The molecule has 2 aromatic rings. The molecule has 0 saturated carbocycles. The van der Waals surface area contributed by atoms with Crippen molar-refractivity contribution in [1.82, 2.24) is 10.5 Å². The fourth-order valence-electron chi connectivity index (χ4n) is 1.89. The highest BCUT2D eigenvalue weighted by molar-refractivity contribution is 6.39. The average molecular weight is 338 g/mol. The zero-order valence-electron chi connectivity index (χ0n) is 12.6. The van der Waals surface area contributed by atoms with Crippen molar-refractivity contribution in [3.63, 3.8) is 0 Å². The van der Waals surface area contributed by atoms with Crippen LogP contribution in [-0.2, 0) is 19.9 Å². The molecule has 0 aliphatic heterocycles. The summed E-state index contributed by atoms with van der Waals surface area (Å²) in [5.74, 6) is -1.49. The summed E-state index contributed by atoms with van der Waals surface area (Å²) >= 11 is 5.98. The highest BCUT2D eigenvalue weighted by Crippen LogP contribution is 2.26. The molecule has 7 nitrogen and oxygen atoms in total. The fourth-order valence-corrected chi connectivity index (χ4v) is 2.08. The van der Waals surface area contributed by atoms with E-state index in [1.165, 1.54) is 19.4 Å². The molecule has 0 saturated heterocycles. The van der Waals surface area contributed by atoms with Crippen molar-refractivity contribution < 1.29 is 18.8 Å². The van der Waals surface area contributed by atoms with E-state index in [1.54, 1.807) is 25.1 Å². The van der Waals surface area contributed by atoms with Crippen LogP contribution in [-0.4, -0.2) is 30.6 Å². The zero-order valence-corrected chi connectivity index (χ0v) is 13.4. The number of rotatable bonds is 5. The van der Waals surface area contributed by atoms with Crippen LogP contribution in [0.1, 0.15) is 12.5 Å². The number of halogens is 1. The molecule has 0 fully saturated rings. The van der Waals surface area contributed by atoms with Crippen molar-refractivity contribution in [2.24, 2.45) is 0 Å². The Morgan fingerprint density at radius 2 is 2.13 bits per heavy atom. The first kappa shape index (κ1) is 17.0. The maximum absolute atomic E-state index is 11.9. The SMILES string of the molecule is CO[C@](C)(CNC(=O)C(=O)Nc1ccon1)c1cccc(Cl)c1. The maximum atomic E-state index is 11.9. The number of benzene rings is 1. The number of carbonyl (C=O) groups is 2. The van der Waals surface area contributed by atoms with Crippen molar-refractivity contribution in [2.45, 2.75) is 12.5 Å². The van der Waals surface area contributed by atoms with Gasteiger partial charge in [0.2, 0.25) is 0 Å². The fraction of sp³-hybridized carbons (Fsp3) is 0.267. The lowest BCUT2D eigenvalue weighted by Gasteiger charge is -2.29. The monoisotopic (exact) mass is 337 g/mol. The van der Waals surface area contributed by atoms with Crippen molar-refractivity contribution in [3.8, 4) is 0 Å². The second-order valence-corrected chi connectivity index (χ2v) is 5.40. The van der Waals surface area contributed by atoms with Gasteiger partial charge in [0.05, 0.1) is 6.54 Å². The molecule has 1 aromatic carbocycles. The van der Waals surface area contributed by atoms with Gasteiger partial charge in [0.15, 0.2) is 5.82 Å². The first-order valence-corrected chi connectivity index (χ1v) is 7.13. The summed E-state index contributed by atoms with van der Waals surface area (Å²) in [7, 11) is 1.52. The molecule has 8 heteroatoms. The lowest BCUT2D eigenvalue weighted by atomic mass is 9.95. The van der Waals surface area contributed by atoms with E-state index in [4.69, 9.17) is 16.3 Å². The molecule has 122 valence electrons. The Balaban J connectivity index is 1.99. The first-order valence-electron chi connectivity index (χ1n) is 6.75. The summed E-state index contributed by atoms with van der Waals surface area (Å²) in [6.07, 6.45) is 1.29. The molecule has 2 N–H and O–H groups in total. The maximum Gasteiger partial charge on any atom is 0.314 e. The van der Waals surface area contributed by atoms with E-state index in [0.29, 0.717) is 5.02 Å². The van der Waals surface area contributed by atoms with Crippen LogP contribution in [0, 0.1) is 0 Å². The van der Waals surface area contributed by atoms with Crippen LogP contribution in [0.25, 0.3) is 0 Å². The number of aromatic nitrogens is 1.